The molecule has 0 saturated carbocycles. The van der Waals surface area contributed by atoms with Gasteiger partial charge in [-0.25, -0.2) is 0 Å². The first-order chi connectivity index (χ1) is 16.7. The first-order valence-corrected chi connectivity index (χ1v) is 11.4. The molecule has 1 aromatic heterocycles. The Bertz CT molecular complexity index is 1340. The van der Waals surface area contributed by atoms with Crippen molar-refractivity contribution >= 4 is 22.9 Å². The molecule has 1 unspecified atom stereocenters. The minimum atomic E-state index is -0.216. The average molecular weight is 469 g/mol. The van der Waals surface area contributed by atoms with Crippen molar-refractivity contribution in [3.8, 4) is 17.1 Å². The van der Waals surface area contributed by atoms with E-state index in [1.54, 1.807) is 7.11 Å². The SMILES string of the molecule is COc1ccccc1CN1C(=S)NC(c2ccccc2)C(c2nc(-c3ccccc3)no2)=C1C. The zero-order valence-electron chi connectivity index (χ0n) is 18.9. The van der Waals surface area contributed by atoms with E-state index in [1.165, 1.54) is 0 Å². The lowest BCUT2D eigenvalue weighted by Gasteiger charge is -2.37. The van der Waals surface area contributed by atoms with Gasteiger partial charge in [-0.15, -0.1) is 0 Å². The summed E-state index contributed by atoms with van der Waals surface area (Å²) in [7, 11) is 1.68. The van der Waals surface area contributed by atoms with E-state index in [0.29, 0.717) is 23.4 Å². The van der Waals surface area contributed by atoms with Gasteiger partial charge < -0.3 is 19.5 Å². The molecule has 170 valence electrons. The van der Waals surface area contributed by atoms with Gasteiger partial charge in [0.2, 0.25) is 5.82 Å². The van der Waals surface area contributed by atoms with Crippen LogP contribution in [0.1, 0.15) is 30.0 Å². The van der Waals surface area contributed by atoms with Gasteiger partial charge in [0.1, 0.15) is 5.75 Å². The van der Waals surface area contributed by atoms with Crippen molar-refractivity contribution in [1.82, 2.24) is 20.4 Å². The lowest BCUT2D eigenvalue weighted by atomic mass is 9.94. The maximum absolute atomic E-state index is 5.82. The summed E-state index contributed by atoms with van der Waals surface area (Å²) in [5.74, 6) is 1.83. The Morgan fingerprint density at radius 2 is 1.65 bits per heavy atom. The summed E-state index contributed by atoms with van der Waals surface area (Å²) in [6.45, 7) is 2.59. The Kier molecular flexibility index (Phi) is 6.10. The Morgan fingerprint density at radius 1 is 0.971 bits per heavy atom. The van der Waals surface area contributed by atoms with Crippen LogP contribution in [0.2, 0.25) is 0 Å². The fourth-order valence-electron chi connectivity index (χ4n) is 4.19. The van der Waals surface area contributed by atoms with E-state index in [1.807, 2.05) is 84.6 Å². The van der Waals surface area contributed by atoms with E-state index in [0.717, 1.165) is 33.7 Å². The molecule has 0 amide bonds. The molecule has 3 aromatic carbocycles. The highest BCUT2D eigenvalue weighted by Crippen LogP contribution is 2.38. The van der Waals surface area contributed by atoms with E-state index in [9.17, 15) is 0 Å². The average Bonchev–Trinajstić information content (AvgIpc) is 3.37. The number of rotatable bonds is 6. The third kappa shape index (κ3) is 4.18. The van der Waals surface area contributed by atoms with Gasteiger partial charge in [0.25, 0.3) is 5.89 Å². The highest BCUT2D eigenvalue weighted by atomic mass is 32.1. The fraction of sp³-hybridized carbons (Fsp3) is 0.148. The van der Waals surface area contributed by atoms with Crippen molar-refractivity contribution < 1.29 is 9.26 Å². The number of allylic oxidation sites excluding steroid dienone is 1. The number of nitrogens with zero attached hydrogens (tertiary/aromatic N) is 3. The van der Waals surface area contributed by atoms with Gasteiger partial charge in [-0.3, -0.25) is 0 Å². The molecule has 6 nitrogen and oxygen atoms in total. The molecule has 5 rings (SSSR count). The van der Waals surface area contributed by atoms with Crippen molar-refractivity contribution in [2.45, 2.75) is 19.5 Å². The Balaban J connectivity index is 1.60. The predicted molar refractivity (Wildman–Crippen MR) is 136 cm³/mol. The molecule has 1 atom stereocenters. The summed E-state index contributed by atoms with van der Waals surface area (Å²) in [4.78, 5) is 6.81. The number of para-hydroxylation sites is 1. The molecule has 0 spiro atoms. The molecule has 0 saturated heterocycles. The zero-order chi connectivity index (χ0) is 23.5. The fourth-order valence-corrected chi connectivity index (χ4v) is 4.50. The van der Waals surface area contributed by atoms with Crippen LogP contribution in [-0.4, -0.2) is 27.3 Å². The van der Waals surface area contributed by atoms with Gasteiger partial charge in [0, 0.05) is 16.8 Å². The predicted octanol–water partition coefficient (Wildman–Crippen LogP) is 5.61. The number of aromatic nitrogens is 2. The van der Waals surface area contributed by atoms with Crippen LogP contribution in [0, 0.1) is 0 Å². The first-order valence-electron chi connectivity index (χ1n) is 11.0. The molecule has 34 heavy (non-hydrogen) atoms. The zero-order valence-corrected chi connectivity index (χ0v) is 19.8. The van der Waals surface area contributed by atoms with Crippen LogP contribution >= 0.6 is 12.2 Å². The summed E-state index contributed by atoms with van der Waals surface area (Å²) in [5, 5.41) is 8.39. The summed E-state index contributed by atoms with van der Waals surface area (Å²) in [6, 6.07) is 27.7. The quantitative estimate of drug-likeness (QED) is 0.369. The normalized spacial score (nSPS) is 15.9. The number of ether oxygens (including phenoxy) is 1. The van der Waals surface area contributed by atoms with Crippen LogP contribution < -0.4 is 10.1 Å². The topological polar surface area (TPSA) is 63.4 Å². The number of hydrogen-bond acceptors (Lipinski definition) is 5. The maximum Gasteiger partial charge on any atom is 0.258 e. The maximum atomic E-state index is 5.82. The van der Waals surface area contributed by atoms with Crippen LogP contribution in [0.5, 0.6) is 5.75 Å². The second-order valence-corrected chi connectivity index (χ2v) is 8.37. The molecule has 0 fully saturated rings. The highest BCUT2D eigenvalue weighted by molar-refractivity contribution is 7.80. The molecule has 1 aliphatic heterocycles. The molecule has 0 radical (unpaired) electrons. The number of methoxy groups -OCH3 is 1. The van der Waals surface area contributed by atoms with Gasteiger partial charge in [0.05, 0.1) is 25.3 Å². The van der Waals surface area contributed by atoms with E-state index < -0.39 is 0 Å². The molecular formula is C27H24N4O2S. The van der Waals surface area contributed by atoms with Crippen LogP contribution in [0.4, 0.5) is 0 Å². The molecule has 2 heterocycles. The van der Waals surface area contributed by atoms with Crippen LogP contribution in [0.3, 0.4) is 0 Å². The van der Waals surface area contributed by atoms with E-state index >= 15 is 0 Å². The number of benzene rings is 3. The van der Waals surface area contributed by atoms with Crippen LogP contribution in [-0.2, 0) is 6.54 Å². The smallest absolute Gasteiger partial charge is 0.258 e. The van der Waals surface area contributed by atoms with Gasteiger partial charge >= 0.3 is 0 Å². The monoisotopic (exact) mass is 468 g/mol. The van der Waals surface area contributed by atoms with Gasteiger partial charge in [0.15, 0.2) is 5.11 Å². The third-order valence-corrected chi connectivity index (χ3v) is 6.28. The molecule has 1 aliphatic rings. The minimum absolute atomic E-state index is 0.216. The summed E-state index contributed by atoms with van der Waals surface area (Å²) in [5.41, 5.74) is 4.84. The number of nitrogens with one attached hydrogen (secondary N) is 1. The molecule has 0 aliphatic carbocycles. The molecule has 4 aromatic rings. The van der Waals surface area contributed by atoms with Gasteiger partial charge in [-0.05, 0) is 30.8 Å². The van der Waals surface area contributed by atoms with E-state index in [4.69, 9.17) is 26.5 Å². The Labute approximate surface area is 203 Å². The Morgan fingerprint density at radius 3 is 2.38 bits per heavy atom. The lowest BCUT2D eigenvalue weighted by molar-refractivity contribution is 0.387. The largest absolute Gasteiger partial charge is 0.496 e. The summed E-state index contributed by atoms with van der Waals surface area (Å²) in [6.07, 6.45) is 0. The molecular weight excluding hydrogens is 444 g/mol. The van der Waals surface area contributed by atoms with Crippen LogP contribution in [0.25, 0.3) is 17.0 Å². The standard InChI is InChI=1S/C27H24N4O2S/c1-18-23(26-29-25(30-33-26)20-13-7-4-8-14-20)24(19-11-5-3-6-12-19)28-27(34)31(18)17-21-15-9-10-16-22(21)32-2/h3-16,24H,17H2,1-2H3,(H,28,34). The van der Waals surface area contributed by atoms with Crippen molar-refractivity contribution in [2.24, 2.45) is 0 Å². The second-order valence-electron chi connectivity index (χ2n) is 7.98. The van der Waals surface area contributed by atoms with Crippen LogP contribution in [0.15, 0.2) is 95.1 Å². The van der Waals surface area contributed by atoms with E-state index in [2.05, 4.69) is 22.6 Å². The van der Waals surface area contributed by atoms with Gasteiger partial charge in [-0.1, -0.05) is 84.0 Å². The van der Waals surface area contributed by atoms with E-state index in [-0.39, 0.29) is 6.04 Å². The Hall–Kier alpha value is -3.97. The highest BCUT2D eigenvalue weighted by Gasteiger charge is 2.34. The minimum Gasteiger partial charge on any atom is -0.496 e. The van der Waals surface area contributed by atoms with Crippen molar-refractivity contribution in [3.63, 3.8) is 0 Å². The van der Waals surface area contributed by atoms with Crippen molar-refractivity contribution in [2.75, 3.05) is 7.11 Å². The second kappa shape index (κ2) is 9.49. The number of thiocarbonyl (C=S) groups is 1. The van der Waals surface area contributed by atoms with Crippen molar-refractivity contribution in [3.05, 3.63) is 108 Å². The first kappa shape index (κ1) is 21.9. The summed E-state index contributed by atoms with van der Waals surface area (Å²) < 4.78 is 11.4. The van der Waals surface area contributed by atoms with Gasteiger partial charge in [-0.2, -0.15) is 4.98 Å². The summed E-state index contributed by atoms with van der Waals surface area (Å²) >= 11 is 5.82. The molecule has 0 bridgehead atoms. The third-order valence-electron chi connectivity index (χ3n) is 5.94. The number of hydrogen-bond donors (Lipinski definition) is 1. The molecule has 1 N–H and O–H groups in total. The van der Waals surface area contributed by atoms with Crippen molar-refractivity contribution in [1.29, 1.82) is 0 Å². The molecule has 7 heteroatoms. The lowest BCUT2D eigenvalue weighted by Crippen LogP contribution is -2.45.